The van der Waals surface area contributed by atoms with Crippen molar-refractivity contribution in [3.05, 3.63) is 119 Å². The van der Waals surface area contributed by atoms with Gasteiger partial charge < -0.3 is 9.47 Å². The van der Waals surface area contributed by atoms with Crippen LogP contribution in [0.25, 0.3) is 0 Å². The lowest BCUT2D eigenvalue weighted by Crippen LogP contribution is -2.76. The lowest BCUT2D eigenvalue weighted by molar-refractivity contribution is -0.159. The van der Waals surface area contributed by atoms with Gasteiger partial charge in [-0.2, -0.15) is 0 Å². The van der Waals surface area contributed by atoms with Crippen LogP contribution >= 0.6 is 11.8 Å². The number of thioether (sulfide) groups is 1. The molecule has 3 aromatic carbocycles. The van der Waals surface area contributed by atoms with Crippen LogP contribution < -0.4 is 5.32 Å². The van der Waals surface area contributed by atoms with Gasteiger partial charge in [-0.1, -0.05) is 91.0 Å². The molecule has 0 aromatic heterocycles. The van der Waals surface area contributed by atoms with Gasteiger partial charge in [-0.25, -0.2) is 4.79 Å². The van der Waals surface area contributed by atoms with Crippen molar-refractivity contribution in [1.82, 2.24) is 10.2 Å². The molecule has 1 N–H and O–H groups in total. The van der Waals surface area contributed by atoms with E-state index >= 15 is 0 Å². The molecule has 2 heterocycles. The molecule has 8 nitrogen and oxygen atoms in total. The van der Waals surface area contributed by atoms with E-state index in [4.69, 9.17) is 9.47 Å². The number of nitrogens with zero attached hydrogens (tertiary/aromatic N) is 1. The molecule has 0 bridgehead atoms. The number of β-lactam (4-membered cyclic amide) rings is 1. The fourth-order valence-corrected chi connectivity index (χ4v) is 8.91. The fraction of sp³-hybridized carbons (Fsp3) is 0.324. The van der Waals surface area contributed by atoms with Crippen LogP contribution in [0.3, 0.4) is 0 Å². The maximum atomic E-state index is 14.3. The number of rotatable bonds is 9. The molecule has 0 saturated carbocycles. The van der Waals surface area contributed by atoms with E-state index in [1.54, 1.807) is 27.0 Å². The lowest BCUT2D eigenvalue weighted by atomic mass is 9.76. The zero-order valence-electron chi connectivity index (χ0n) is 25.3. The Morgan fingerprint density at radius 2 is 1.36 bits per heavy atom. The van der Waals surface area contributed by atoms with Crippen molar-refractivity contribution in [3.63, 3.8) is 0 Å². The van der Waals surface area contributed by atoms with E-state index < -0.39 is 55.8 Å². The molecule has 1 amide bonds. The summed E-state index contributed by atoms with van der Waals surface area (Å²) in [5, 5.41) is 2.78. The van der Waals surface area contributed by atoms with Crippen LogP contribution in [0, 0.1) is 0 Å². The number of carbonyl (C=O) groups excluding carboxylic acids is 3. The minimum Gasteiger partial charge on any atom is -0.461 e. The van der Waals surface area contributed by atoms with Crippen LogP contribution in [0.5, 0.6) is 0 Å². The van der Waals surface area contributed by atoms with Gasteiger partial charge in [-0.05, 0) is 43.7 Å². The SMILES string of the molecule is CSC1C(COC(C)=O)=C(C(=O)OC(C)(C)C)N2C(=O)[C@@H](NC(c3ccccc3)(c3ccccc3)c3ccccc3)[C@H]2S1=O. The molecule has 5 rings (SSSR count). The van der Waals surface area contributed by atoms with Gasteiger partial charge in [0.15, 0.2) is 0 Å². The van der Waals surface area contributed by atoms with Crippen LogP contribution in [0.4, 0.5) is 0 Å². The molecular formula is C34H36N2O6S2. The highest BCUT2D eigenvalue weighted by Crippen LogP contribution is 2.45. The molecule has 4 atom stereocenters. The van der Waals surface area contributed by atoms with Crippen molar-refractivity contribution in [2.24, 2.45) is 0 Å². The van der Waals surface area contributed by atoms with E-state index in [1.165, 1.54) is 23.6 Å². The largest absolute Gasteiger partial charge is 0.461 e. The molecule has 2 aliphatic heterocycles. The number of esters is 2. The Balaban J connectivity index is 1.66. The third-order valence-electron chi connectivity index (χ3n) is 7.55. The zero-order valence-corrected chi connectivity index (χ0v) is 26.9. The van der Waals surface area contributed by atoms with E-state index in [1.807, 2.05) is 91.0 Å². The third-order valence-corrected chi connectivity index (χ3v) is 11.1. The Bertz CT molecular complexity index is 1490. The summed E-state index contributed by atoms with van der Waals surface area (Å²) < 4.78 is 24.6. The molecule has 1 fully saturated rings. The first-order valence-corrected chi connectivity index (χ1v) is 16.8. The molecule has 44 heavy (non-hydrogen) atoms. The Hall–Kier alpha value is -3.73. The van der Waals surface area contributed by atoms with Crippen LogP contribution in [0.2, 0.25) is 0 Å². The Morgan fingerprint density at radius 3 is 1.77 bits per heavy atom. The van der Waals surface area contributed by atoms with Gasteiger partial charge in [0, 0.05) is 12.5 Å². The van der Waals surface area contributed by atoms with Crippen LogP contribution in [0.15, 0.2) is 102 Å². The Morgan fingerprint density at radius 1 is 0.886 bits per heavy atom. The molecular weight excluding hydrogens is 597 g/mol. The molecule has 2 unspecified atom stereocenters. The van der Waals surface area contributed by atoms with E-state index in [0.717, 1.165) is 16.7 Å². The Labute approximate surface area is 264 Å². The second kappa shape index (κ2) is 12.7. The zero-order chi connectivity index (χ0) is 31.6. The van der Waals surface area contributed by atoms with Gasteiger partial charge in [0.25, 0.3) is 0 Å². The maximum absolute atomic E-state index is 14.3. The van der Waals surface area contributed by atoms with Gasteiger partial charge in [0.1, 0.15) is 33.9 Å². The highest BCUT2D eigenvalue weighted by atomic mass is 32.2. The highest BCUT2D eigenvalue weighted by molar-refractivity contribution is 8.11. The first kappa shape index (κ1) is 31.7. The monoisotopic (exact) mass is 632 g/mol. The summed E-state index contributed by atoms with van der Waals surface area (Å²) >= 11 is 1.28. The molecule has 3 aromatic rings. The topological polar surface area (TPSA) is 102 Å². The third kappa shape index (κ3) is 5.86. The highest BCUT2D eigenvalue weighted by Gasteiger charge is 2.61. The van der Waals surface area contributed by atoms with Gasteiger partial charge in [0.05, 0.1) is 16.3 Å². The van der Waals surface area contributed by atoms with Crippen LogP contribution in [-0.4, -0.2) is 61.4 Å². The number of amides is 1. The Kier molecular flexibility index (Phi) is 9.15. The molecule has 0 aliphatic carbocycles. The first-order chi connectivity index (χ1) is 21.0. The number of carbonyl (C=O) groups is 3. The average Bonchev–Trinajstić information content (AvgIpc) is 3.00. The summed E-state index contributed by atoms with van der Waals surface area (Å²) in [5.74, 6) is -1.70. The number of nitrogens with one attached hydrogen (secondary N) is 1. The van der Waals surface area contributed by atoms with Crippen LogP contribution in [0.1, 0.15) is 44.4 Å². The summed E-state index contributed by atoms with van der Waals surface area (Å²) in [5.41, 5.74) is 1.11. The molecule has 2 aliphatic rings. The van der Waals surface area contributed by atoms with Gasteiger partial charge in [-0.3, -0.25) is 24.0 Å². The second-order valence-corrected chi connectivity index (χ2v) is 14.5. The van der Waals surface area contributed by atoms with E-state index in [9.17, 15) is 18.6 Å². The summed E-state index contributed by atoms with van der Waals surface area (Å²) in [4.78, 5) is 41.0. The van der Waals surface area contributed by atoms with Crippen molar-refractivity contribution in [1.29, 1.82) is 0 Å². The first-order valence-electron chi connectivity index (χ1n) is 14.3. The maximum Gasteiger partial charge on any atom is 0.355 e. The minimum atomic E-state index is -1.68. The summed E-state index contributed by atoms with van der Waals surface area (Å²) in [6.45, 7) is 6.18. The summed E-state index contributed by atoms with van der Waals surface area (Å²) in [7, 11) is -1.68. The number of hydrogen-bond acceptors (Lipinski definition) is 8. The predicted octanol–water partition coefficient (Wildman–Crippen LogP) is 4.72. The molecule has 0 radical (unpaired) electrons. The van der Waals surface area contributed by atoms with Crippen LogP contribution in [-0.2, 0) is 40.2 Å². The molecule has 0 spiro atoms. The van der Waals surface area contributed by atoms with E-state index in [-0.39, 0.29) is 12.3 Å². The fourth-order valence-electron chi connectivity index (χ4n) is 5.76. The number of hydrogen-bond donors (Lipinski definition) is 1. The molecule has 10 heteroatoms. The molecule has 1 saturated heterocycles. The van der Waals surface area contributed by atoms with Crippen molar-refractivity contribution >= 4 is 40.4 Å². The number of ether oxygens (including phenoxy) is 2. The quantitative estimate of drug-likeness (QED) is 0.206. The van der Waals surface area contributed by atoms with Crippen molar-refractivity contribution < 1.29 is 28.1 Å². The number of fused-ring (bicyclic) bond motifs is 1. The average molecular weight is 633 g/mol. The lowest BCUT2D eigenvalue weighted by Gasteiger charge is -2.54. The smallest absolute Gasteiger partial charge is 0.355 e. The predicted molar refractivity (Wildman–Crippen MR) is 172 cm³/mol. The van der Waals surface area contributed by atoms with Gasteiger partial charge >= 0.3 is 11.9 Å². The van der Waals surface area contributed by atoms with E-state index in [0.29, 0.717) is 5.57 Å². The summed E-state index contributed by atoms with van der Waals surface area (Å²) in [6.07, 6.45) is 1.78. The molecule has 230 valence electrons. The minimum absolute atomic E-state index is 0.0158. The van der Waals surface area contributed by atoms with Crippen molar-refractivity contribution in [2.75, 3.05) is 12.9 Å². The van der Waals surface area contributed by atoms with E-state index in [2.05, 4.69) is 5.32 Å². The summed E-state index contributed by atoms with van der Waals surface area (Å²) in [6, 6.07) is 28.5. The van der Waals surface area contributed by atoms with Gasteiger partial charge in [-0.15, -0.1) is 11.8 Å². The standard InChI is InChI=1S/C34H36N2O6S2/c1-22(37)41-21-26-28(31(39)42-33(2,3)4)36-29(38)27(30(36)44(40)32(26)43-5)35-34(23-15-9-6-10-16-23,24-17-11-7-12-18-24)25-19-13-8-14-20-25/h6-20,27,30,32,35H,21H2,1-5H3/t27-,30-,32?,44?/m1/s1. The van der Waals surface area contributed by atoms with Gasteiger partial charge in [0.2, 0.25) is 5.91 Å². The number of benzene rings is 3. The van der Waals surface area contributed by atoms with Crippen molar-refractivity contribution in [3.8, 4) is 0 Å². The normalized spacial score (nSPS) is 21.8. The van der Waals surface area contributed by atoms with Crippen molar-refractivity contribution in [2.45, 2.75) is 54.8 Å². The second-order valence-electron chi connectivity index (χ2n) is 11.6.